The number of nitrogens with zero attached hydrogens (tertiary/aromatic N) is 1. The van der Waals surface area contributed by atoms with E-state index in [0.717, 1.165) is 12.0 Å². The number of hydrogen-bond acceptors (Lipinski definition) is 4. The minimum Gasteiger partial charge on any atom is -0.350 e. The van der Waals surface area contributed by atoms with Gasteiger partial charge < -0.3 is 15.5 Å². The molecule has 0 aliphatic carbocycles. The van der Waals surface area contributed by atoms with Crippen molar-refractivity contribution in [1.29, 1.82) is 0 Å². The summed E-state index contributed by atoms with van der Waals surface area (Å²) in [5.74, 6) is -0.947. The maximum absolute atomic E-state index is 13.1. The maximum atomic E-state index is 13.1. The maximum Gasteiger partial charge on any atom is 0.246 e. The number of rotatable bonds is 8. The summed E-state index contributed by atoms with van der Waals surface area (Å²) in [6.45, 7) is 6.16. The first-order valence-electron chi connectivity index (χ1n) is 9.73. The Hall–Kier alpha value is -1.83. The SMILES string of the molecule is CC(NCl)C(=O)NC(C(=O)N1CCCC1C(=O)NCc1ccc(Cl)cc1)C(C)C. The number of likely N-dealkylation sites (tertiary alicyclic amines) is 1. The van der Waals surface area contributed by atoms with Gasteiger partial charge >= 0.3 is 0 Å². The van der Waals surface area contributed by atoms with Gasteiger partial charge in [-0.25, -0.2) is 4.84 Å². The number of hydrogen-bond donors (Lipinski definition) is 3. The van der Waals surface area contributed by atoms with Gasteiger partial charge in [0.05, 0.1) is 6.04 Å². The standard InChI is InChI=1S/C20H28Cl2N4O3/c1-12(2)17(24-18(27)13(3)25-22)20(29)26-10-4-5-16(26)19(28)23-11-14-6-8-15(21)9-7-14/h6-9,12-13,16-17,25H,4-5,10-11H2,1-3H3,(H,23,28)(H,24,27). The summed E-state index contributed by atoms with van der Waals surface area (Å²) < 4.78 is 0. The van der Waals surface area contributed by atoms with Crippen LogP contribution in [0.5, 0.6) is 0 Å². The number of carbonyl (C=O) groups excluding carboxylic acids is 3. The first-order chi connectivity index (χ1) is 13.7. The Morgan fingerprint density at radius 1 is 1.17 bits per heavy atom. The minimum absolute atomic E-state index is 0.132. The zero-order valence-corrected chi connectivity index (χ0v) is 18.4. The van der Waals surface area contributed by atoms with E-state index < -0.39 is 18.1 Å². The fourth-order valence-corrected chi connectivity index (χ4v) is 3.46. The van der Waals surface area contributed by atoms with Crippen LogP contribution in [0.2, 0.25) is 5.02 Å². The number of carbonyl (C=O) groups is 3. The van der Waals surface area contributed by atoms with Crippen molar-refractivity contribution in [2.45, 2.75) is 58.3 Å². The first kappa shape index (κ1) is 23.4. The monoisotopic (exact) mass is 442 g/mol. The van der Waals surface area contributed by atoms with Gasteiger partial charge in [-0.2, -0.15) is 0 Å². The van der Waals surface area contributed by atoms with Crippen LogP contribution in [0.3, 0.4) is 0 Å². The van der Waals surface area contributed by atoms with Gasteiger partial charge in [0.15, 0.2) is 0 Å². The molecule has 3 unspecified atom stereocenters. The molecule has 7 nitrogen and oxygen atoms in total. The molecule has 1 aromatic carbocycles. The second kappa shape index (κ2) is 10.8. The third-order valence-electron chi connectivity index (χ3n) is 5.01. The van der Waals surface area contributed by atoms with Crippen LogP contribution >= 0.6 is 23.4 Å². The molecule has 0 radical (unpaired) electrons. The van der Waals surface area contributed by atoms with Crippen LogP contribution in [0.1, 0.15) is 39.2 Å². The summed E-state index contributed by atoms with van der Waals surface area (Å²) in [6, 6.07) is 5.31. The molecule has 3 atom stereocenters. The normalized spacial score (nSPS) is 18.4. The van der Waals surface area contributed by atoms with Crippen molar-refractivity contribution in [1.82, 2.24) is 20.4 Å². The van der Waals surface area contributed by atoms with Crippen molar-refractivity contribution >= 4 is 41.1 Å². The molecule has 0 bridgehead atoms. The van der Waals surface area contributed by atoms with E-state index in [4.69, 9.17) is 23.4 Å². The van der Waals surface area contributed by atoms with E-state index in [1.807, 2.05) is 26.0 Å². The molecule has 1 aromatic rings. The molecule has 9 heteroatoms. The average molecular weight is 443 g/mol. The lowest BCUT2D eigenvalue weighted by Gasteiger charge is -2.31. The molecule has 29 heavy (non-hydrogen) atoms. The van der Waals surface area contributed by atoms with E-state index >= 15 is 0 Å². The van der Waals surface area contributed by atoms with Gasteiger partial charge in [-0.15, -0.1) is 0 Å². The predicted molar refractivity (Wildman–Crippen MR) is 113 cm³/mol. The molecule has 160 valence electrons. The van der Waals surface area contributed by atoms with Crippen LogP contribution < -0.4 is 15.5 Å². The van der Waals surface area contributed by atoms with Crippen molar-refractivity contribution < 1.29 is 14.4 Å². The summed E-state index contributed by atoms with van der Waals surface area (Å²) in [5, 5.41) is 6.27. The Morgan fingerprint density at radius 2 is 1.83 bits per heavy atom. The van der Waals surface area contributed by atoms with Crippen molar-refractivity contribution in [2.24, 2.45) is 5.92 Å². The zero-order chi connectivity index (χ0) is 21.6. The van der Waals surface area contributed by atoms with Gasteiger partial charge in [0.2, 0.25) is 17.7 Å². The largest absolute Gasteiger partial charge is 0.350 e. The summed E-state index contributed by atoms with van der Waals surface area (Å²) in [6.07, 6.45) is 1.33. The first-order valence-corrected chi connectivity index (χ1v) is 10.5. The molecule has 1 aliphatic heterocycles. The van der Waals surface area contributed by atoms with Crippen LogP contribution in [-0.2, 0) is 20.9 Å². The van der Waals surface area contributed by atoms with Crippen LogP contribution in [0.15, 0.2) is 24.3 Å². The fourth-order valence-electron chi connectivity index (χ4n) is 3.23. The summed E-state index contributed by atoms with van der Waals surface area (Å²) in [7, 11) is 0. The quantitative estimate of drug-likeness (QED) is 0.538. The summed E-state index contributed by atoms with van der Waals surface area (Å²) in [4.78, 5) is 41.9. The number of nitrogens with one attached hydrogen (secondary N) is 3. The van der Waals surface area contributed by atoms with Gasteiger partial charge in [0.25, 0.3) is 0 Å². The van der Waals surface area contributed by atoms with Crippen molar-refractivity contribution in [2.75, 3.05) is 6.54 Å². The van der Waals surface area contributed by atoms with Gasteiger partial charge in [0.1, 0.15) is 12.1 Å². The van der Waals surface area contributed by atoms with Gasteiger partial charge in [0, 0.05) is 18.1 Å². The third kappa shape index (κ3) is 6.32. The van der Waals surface area contributed by atoms with Crippen molar-refractivity contribution in [3.05, 3.63) is 34.9 Å². The molecule has 0 spiro atoms. The number of halogens is 2. The molecular weight excluding hydrogens is 415 g/mol. The van der Waals surface area contributed by atoms with E-state index in [-0.39, 0.29) is 23.6 Å². The lowest BCUT2D eigenvalue weighted by molar-refractivity contribution is -0.142. The Balaban J connectivity index is 2.02. The molecule has 3 N–H and O–H groups in total. The minimum atomic E-state index is -0.723. The van der Waals surface area contributed by atoms with E-state index in [0.29, 0.717) is 24.5 Å². The van der Waals surface area contributed by atoms with Crippen LogP contribution in [0.4, 0.5) is 0 Å². The van der Waals surface area contributed by atoms with E-state index in [1.54, 1.807) is 24.0 Å². The highest BCUT2D eigenvalue weighted by Gasteiger charge is 2.38. The fraction of sp³-hybridized carbons (Fsp3) is 0.550. The Kier molecular flexibility index (Phi) is 8.74. The van der Waals surface area contributed by atoms with E-state index in [1.165, 1.54) is 0 Å². The van der Waals surface area contributed by atoms with E-state index in [9.17, 15) is 14.4 Å². The molecular formula is C20H28Cl2N4O3. The number of amides is 3. The highest BCUT2D eigenvalue weighted by Crippen LogP contribution is 2.21. The summed E-state index contributed by atoms with van der Waals surface area (Å²) in [5.41, 5.74) is 0.925. The molecule has 1 heterocycles. The van der Waals surface area contributed by atoms with Crippen LogP contribution in [0, 0.1) is 5.92 Å². The molecule has 1 fully saturated rings. The topological polar surface area (TPSA) is 90.5 Å². The molecule has 2 rings (SSSR count). The highest BCUT2D eigenvalue weighted by atomic mass is 35.5. The lowest BCUT2D eigenvalue weighted by atomic mass is 10.0. The van der Waals surface area contributed by atoms with Gasteiger partial charge in [-0.3, -0.25) is 14.4 Å². The third-order valence-corrected chi connectivity index (χ3v) is 5.59. The van der Waals surface area contributed by atoms with Crippen molar-refractivity contribution in [3.8, 4) is 0 Å². The molecule has 0 aromatic heterocycles. The zero-order valence-electron chi connectivity index (χ0n) is 16.9. The van der Waals surface area contributed by atoms with Gasteiger partial charge in [-0.1, -0.05) is 37.6 Å². The predicted octanol–water partition coefficient (Wildman–Crippen LogP) is 2.22. The second-order valence-corrected chi connectivity index (χ2v) is 8.25. The Morgan fingerprint density at radius 3 is 2.41 bits per heavy atom. The number of benzene rings is 1. The van der Waals surface area contributed by atoms with E-state index in [2.05, 4.69) is 15.5 Å². The lowest BCUT2D eigenvalue weighted by Crippen LogP contribution is -2.56. The highest BCUT2D eigenvalue weighted by molar-refractivity contribution is 6.30. The van der Waals surface area contributed by atoms with Crippen LogP contribution in [0.25, 0.3) is 0 Å². The second-order valence-electron chi connectivity index (χ2n) is 7.60. The average Bonchev–Trinajstić information content (AvgIpc) is 3.19. The van der Waals surface area contributed by atoms with Crippen LogP contribution in [-0.4, -0.2) is 47.3 Å². The molecule has 1 saturated heterocycles. The molecule has 1 aliphatic rings. The Bertz CT molecular complexity index is 727. The Labute approximate surface area is 181 Å². The van der Waals surface area contributed by atoms with Gasteiger partial charge in [-0.05, 0) is 55.2 Å². The van der Waals surface area contributed by atoms with Crippen molar-refractivity contribution in [3.63, 3.8) is 0 Å². The molecule has 3 amide bonds. The molecule has 0 saturated carbocycles. The smallest absolute Gasteiger partial charge is 0.246 e. The summed E-state index contributed by atoms with van der Waals surface area (Å²) >= 11 is 11.4.